The van der Waals surface area contributed by atoms with E-state index in [0.29, 0.717) is 41.7 Å². The van der Waals surface area contributed by atoms with Crippen LogP contribution in [0.1, 0.15) is 52.7 Å². The van der Waals surface area contributed by atoms with Gasteiger partial charge < -0.3 is 29.9 Å². The van der Waals surface area contributed by atoms with Gasteiger partial charge in [0.2, 0.25) is 0 Å². The van der Waals surface area contributed by atoms with E-state index in [2.05, 4.69) is 24.3 Å². The Morgan fingerprint density at radius 3 is 2.42 bits per heavy atom. The minimum absolute atomic E-state index is 0.464. The molecule has 6 nitrogen and oxygen atoms in total. The maximum absolute atomic E-state index is 10.7. The quantitative estimate of drug-likeness (QED) is 0.562. The van der Waals surface area contributed by atoms with Crippen LogP contribution in [0.15, 0.2) is 30.3 Å². The molecule has 2 heterocycles. The van der Waals surface area contributed by atoms with E-state index < -0.39 is 37.1 Å². The molecule has 0 bridgehead atoms. The van der Waals surface area contributed by atoms with Gasteiger partial charge in [-0.2, -0.15) is 0 Å². The minimum atomic E-state index is -1.43. The third-order valence-corrected chi connectivity index (χ3v) is 7.07. The molecule has 1 aliphatic carbocycles. The Balaban J connectivity index is 1.50. The van der Waals surface area contributed by atoms with Crippen LogP contribution in [0.4, 0.5) is 0 Å². The number of aliphatic hydroxyl groups excluding tert-OH is 4. The summed E-state index contributed by atoms with van der Waals surface area (Å²) in [4.78, 5) is 0. The summed E-state index contributed by atoms with van der Waals surface area (Å²) in [5.74, 6) is 1.28. The Morgan fingerprint density at radius 1 is 1.00 bits per heavy atom. The summed E-state index contributed by atoms with van der Waals surface area (Å²) in [5, 5.41) is 41.2. The van der Waals surface area contributed by atoms with Crippen molar-refractivity contribution >= 4 is 11.6 Å². The van der Waals surface area contributed by atoms with Crippen LogP contribution in [0.3, 0.4) is 0 Å². The van der Waals surface area contributed by atoms with Gasteiger partial charge in [-0.25, -0.2) is 0 Å². The topological polar surface area (TPSA) is 99.4 Å². The van der Waals surface area contributed by atoms with Gasteiger partial charge in [-0.05, 0) is 47.4 Å². The molecule has 2 aliphatic heterocycles. The molecule has 3 aliphatic rings. The number of benzene rings is 2. The minimum Gasteiger partial charge on any atom is -0.491 e. The molecule has 1 saturated heterocycles. The van der Waals surface area contributed by atoms with Crippen LogP contribution in [0, 0.1) is 0 Å². The summed E-state index contributed by atoms with van der Waals surface area (Å²) in [6.07, 6.45) is -2.31. The highest BCUT2D eigenvalue weighted by molar-refractivity contribution is 6.33. The van der Waals surface area contributed by atoms with E-state index >= 15 is 0 Å². The largest absolute Gasteiger partial charge is 0.491 e. The predicted molar refractivity (Wildman–Crippen MR) is 115 cm³/mol. The van der Waals surface area contributed by atoms with Gasteiger partial charge in [-0.15, -0.1) is 0 Å². The van der Waals surface area contributed by atoms with Crippen molar-refractivity contribution < 1.29 is 29.9 Å². The summed E-state index contributed by atoms with van der Waals surface area (Å²) in [5.41, 5.74) is 4.84. The number of aliphatic hydroxyl groups is 4. The Kier molecular flexibility index (Phi) is 5.71. The standard InChI is InChI=1S/C24H27ClO6/c25-19-15(9-12-1-3-13(4-2-12)14-5-6-14)10-17(16-7-8-30-23(16)19)24-22(29)21(28)20(27)18(11-26)31-24/h1-4,10,14,18,20-22,24,26-29H,5-9,11H2/t18-,20-,21?,22-,24+/m1/s1. The molecule has 0 aromatic heterocycles. The molecular formula is C24H27ClO6. The molecule has 2 aromatic rings. The van der Waals surface area contributed by atoms with Gasteiger partial charge in [-0.1, -0.05) is 41.9 Å². The van der Waals surface area contributed by atoms with Gasteiger partial charge in [0.05, 0.1) is 18.2 Å². The molecule has 166 valence electrons. The fraction of sp³-hybridized carbons (Fsp3) is 0.500. The first-order valence-electron chi connectivity index (χ1n) is 10.8. The van der Waals surface area contributed by atoms with Crippen molar-refractivity contribution in [1.29, 1.82) is 0 Å². The number of fused-ring (bicyclic) bond motifs is 1. The van der Waals surface area contributed by atoms with E-state index in [9.17, 15) is 20.4 Å². The Morgan fingerprint density at radius 2 is 1.74 bits per heavy atom. The van der Waals surface area contributed by atoms with Gasteiger partial charge in [0.25, 0.3) is 0 Å². The van der Waals surface area contributed by atoms with E-state index in [1.54, 1.807) is 0 Å². The van der Waals surface area contributed by atoms with Crippen molar-refractivity contribution in [3.8, 4) is 5.75 Å². The second-order valence-corrected chi connectivity index (χ2v) is 9.17. The smallest absolute Gasteiger partial charge is 0.141 e. The van der Waals surface area contributed by atoms with Crippen molar-refractivity contribution in [2.24, 2.45) is 0 Å². The fourth-order valence-electron chi connectivity index (χ4n) is 4.70. The first kappa shape index (κ1) is 21.2. The van der Waals surface area contributed by atoms with Crippen molar-refractivity contribution in [1.82, 2.24) is 0 Å². The molecule has 0 radical (unpaired) electrons. The van der Waals surface area contributed by atoms with Crippen molar-refractivity contribution in [3.63, 3.8) is 0 Å². The van der Waals surface area contributed by atoms with Crippen molar-refractivity contribution in [2.45, 2.75) is 62.1 Å². The van der Waals surface area contributed by atoms with E-state index in [1.165, 1.54) is 18.4 Å². The van der Waals surface area contributed by atoms with Crippen LogP contribution in [0.25, 0.3) is 0 Å². The number of halogens is 1. The predicted octanol–water partition coefficient (Wildman–Crippen LogP) is 2.26. The van der Waals surface area contributed by atoms with Crippen LogP contribution in [-0.4, -0.2) is 58.1 Å². The van der Waals surface area contributed by atoms with Crippen LogP contribution in [0.2, 0.25) is 5.02 Å². The van der Waals surface area contributed by atoms with Gasteiger partial charge in [0, 0.05) is 12.0 Å². The Labute approximate surface area is 186 Å². The average Bonchev–Trinajstić information content (AvgIpc) is 3.51. The molecule has 0 amide bonds. The lowest BCUT2D eigenvalue weighted by atomic mass is 9.87. The third kappa shape index (κ3) is 3.86. The first-order valence-corrected chi connectivity index (χ1v) is 11.2. The molecule has 2 aromatic carbocycles. The lowest BCUT2D eigenvalue weighted by Crippen LogP contribution is -2.55. The SMILES string of the molecule is OC[C@H]1O[C@@H](c2cc(Cc3ccc(C4CC4)cc3)c(Cl)c3c2CCO3)[C@H](O)C(O)[C@@H]1O. The van der Waals surface area contributed by atoms with Crippen LogP contribution in [0.5, 0.6) is 5.75 Å². The van der Waals surface area contributed by atoms with Crippen LogP contribution in [-0.2, 0) is 17.6 Å². The van der Waals surface area contributed by atoms with Crippen molar-refractivity contribution in [2.75, 3.05) is 13.2 Å². The molecule has 1 unspecified atom stereocenters. The van der Waals surface area contributed by atoms with E-state index in [4.69, 9.17) is 21.1 Å². The molecule has 4 N–H and O–H groups in total. The van der Waals surface area contributed by atoms with Crippen molar-refractivity contribution in [3.05, 3.63) is 63.2 Å². The lowest BCUT2D eigenvalue weighted by Gasteiger charge is -2.40. The molecular weight excluding hydrogens is 420 g/mol. The summed E-state index contributed by atoms with van der Waals surface area (Å²) in [7, 11) is 0. The first-order chi connectivity index (χ1) is 15.0. The van der Waals surface area contributed by atoms with Crippen LogP contribution < -0.4 is 4.74 Å². The molecule has 0 spiro atoms. The van der Waals surface area contributed by atoms with E-state index in [-0.39, 0.29) is 0 Å². The lowest BCUT2D eigenvalue weighted by molar-refractivity contribution is -0.231. The number of hydrogen-bond acceptors (Lipinski definition) is 6. The highest BCUT2D eigenvalue weighted by atomic mass is 35.5. The van der Waals surface area contributed by atoms with Gasteiger partial charge in [0.15, 0.2) is 0 Å². The molecule has 2 fully saturated rings. The third-order valence-electron chi connectivity index (χ3n) is 6.65. The van der Waals surface area contributed by atoms with Crippen LogP contribution >= 0.6 is 11.6 Å². The molecule has 1 saturated carbocycles. The average molecular weight is 447 g/mol. The van der Waals surface area contributed by atoms with E-state index in [1.807, 2.05) is 6.07 Å². The van der Waals surface area contributed by atoms with E-state index in [0.717, 1.165) is 16.7 Å². The maximum Gasteiger partial charge on any atom is 0.141 e. The summed E-state index contributed by atoms with van der Waals surface area (Å²) < 4.78 is 11.6. The van der Waals surface area contributed by atoms with Gasteiger partial charge in [0.1, 0.15) is 36.3 Å². The zero-order valence-corrected chi connectivity index (χ0v) is 17.8. The monoisotopic (exact) mass is 446 g/mol. The second kappa shape index (κ2) is 8.35. The number of rotatable bonds is 5. The summed E-state index contributed by atoms with van der Waals surface area (Å²) in [6, 6.07) is 10.5. The Hall–Kier alpha value is -1.67. The Bertz CT molecular complexity index is 956. The summed E-state index contributed by atoms with van der Waals surface area (Å²) in [6.45, 7) is 0.00689. The molecule has 31 heavy (non-hydrogen) atoms. The van der Waals surface area contributed by atoms with Gasteiger partial charge >= 0.3 is 0 Å². The highest BCUT2D eigenvalue weighted by Crippen LogP contribution is 2.45. The normalized spacial score (nSPS) is 30.2. The molecule has 5 atom stereocenters. The fourth-order valence-corrected chi connectivity index (χ4v) is 4.99. The maximum atomic E-state index is 10.7. The highest BCUT2D eigenvalue weighted by Gasteiger charge is 2.45. The van der Waals surface area contributed by atoms with Gasteiger partial charge in [-0.3, -0.25) is 0 Å². The number of hydrogen-bond donors (Lipinski definition) is 4. The zero-order chi connectivity index (χ0) is 21.7. The molecule has 7 heteroatoms. The number of ether oxygens (including phenoxy) is 2. The summed E-state index contributed by atoms with van der Waals surface area (Å²) >= 11 is 6.69. The zero-order valence-electron chi connectivity index (χ0n) is 17.1. The second-order valence-electron chi connectivity index (χ2n) is 8.79. The molecule has 5 rings (SSSR count).